The van der Waals surface area contributed by atoms with Gasteiger partial charge in [-0.1, -0.05) is 30.3 Å². The number of nitrogens with one attached hydrogen (secondary N) is 2. The van der Waals surface area contributed by atoms with Crippen LogP contribution in [0.2, 0.25) is 0 Å². The molecule has 2 N–H and O–H groups in total. The van der Waals surface area contributed by atoms with E-state index >= 15 is 0 Å². The standard InChI is InChI=1S/C21H20F2N4O/c22-17-7-5-15(6-8-17)9-12-24-20(28)19-11-14-26-21(27-19)25-13-10-16-3-1-2-4-18(16)23/h1-8,11,14H,9-10,12-13H2,(H,24,28)(H,25,26,27). The van der Waals surface area contributed by atoms with Crippen LogP contribution in [0.15, 0.2) is 60.8 Å². The minimum atomic E-state index is -0.318. The highest BCUT2D eigenvalue weighted by molar-refractivity contribution is 5.92. The molecular weight excluding hydrogens is 362 g/mol. The van der Waals surface area contributed by atoms with Crippen LogP contribution in [-0.4, -0.2) is 29.0 Å². The zero-order valence-electron chi connectivity index (χ0n) is 15.2. The first kappa shape index (κ1) is 19.4. The minimum Gasteiger partial charge on any atom is -0.354 e. The second-order valence-electron chi connectivity index (χ2n) is 6.17. The van der Waals surface area contributed by atoms with Crippen molar-refractivity contribution in [3.05, 3.63) is 89.2 Å². The van der Waals surface area contributed by atoms with E-state index in [0.717, 1.165) is 5.56 Å². The van der Waals surface area contributed by atoms with Gasteiger partial charge in [-0.05, 0) is 48.2 Å². The molecule has 0 spiro atoms. The van der Waals surface area contributed by atoms with E-state index in [9.17, 15) is 13.6 Å². The lowest BCUT2D eigenvalue weighted by Crippen LogP contribution is -2.27. The molecule has 1 heterocycles. The van der Waals surface area contributed by atoms with Crippen molar-refractivity contribution in [1.29, 1.82) is 0 Å². The molecule has 3 aromatic rings. The number of aromatic nitrogens is 2. The van der Waals surface area contributed by atoms with Crippen LogP contribution in [-0.2, 0) is 12.8 Å². The lowest BCUT2D eigenvalue weighted by Gasteiger charge is -2.08. The fraction of sp³-hybridized carbons (Fsp3) is 0.190. The highest BCUT2D eigenvalue weighted by Crippen LogP contribution is 2.08. The Morgan fingerprint density at radius 2 is 1.71 bits per heavy atom. The normalized spacial score (nSPS) is 10.5. The van der Waals surface area contributed by atoms with Crippen molar-refractivity contribution in [3.63, 3.8) is 0 Å². The molecule has 28 heavy (non-hydrogen) atoms. The molecule has 2 aromatic carbocycles. The average Bonchev–Trinajstić information content (AvgIpc) is 2.71. The third kappa shape index (κ3) is 5.57. The van der Waals surface area contributed by atoms with Gasteiger partial charge in [0.1, 0.15) is 17.3 Å². The third-order valence-corrected chi connectivity index (χ3v) is 4.14. The summed E-state index contributed by atoms with van der Waals surface area (Å²) >= 11 is 0. The Hall–Kier alpha value is -3.35. The topological polar surface area (TPSA) is 66.9 Å². The van der Waals surface area contributed by atoms with Gasteiger partial charge in [0.25, 0.3) is 5.91 Å². The number of carbonyl (C=O) groups is 1. The van der Waals surface area contributed by atoms with Crippen molar-refractivity contribution in [1.82, 2.24) is 15.3 Å². The van der Waals surface area contributed by atoms with Crippen LogP contribution < -0.4 is 10.6 Å². The summed E-state index contributed by atoms with van der Waals surface area (Å²) in [6, 6.07) is 14.2. The summed E-state index contributed by atoms with van der Waals surface area (Å²) in [6.07, 6.45) is 2.56. The number of hydrogen-bond donors (Lipinski definition) is 2. The molecule has 0 aliphatic carbocycles. The van der Waals surface area contributed by atoms with E-state index in [-0.39, 0.29) is 23.2 Å². The number of hydrogen-bond acceptors (Lipinski definition) is 4. The lowest BCUT2D eigenvalue weighted by molar-refractivity contribution is 0.0949. The molecule has 144 valence electrons. The molecule has 0 radical (unpaired) electrons. The Morgan fingerprint density at radius 3 is 2.50 bits per heavy atom. The zero-order valence-corrected chi connectivity index (χ0v) is 15.2. The Balaban J connectivity index is 1.48. The maximum absolute atomic E-state index is 13.6. The summed E-state index contributed by atoms with van der Waals surface area (Å²) in [5, 5.41) is 5.78. The molecule has 0 fully saturated rings. The minimum absolute atomic E-state index is 0.238. The Morgan fingerprint density at radius 1 is 0.929 bits per heavy atom. The predicted molar refractivity (Wildman–Crippen MR) is 103 cm³/mol. The van der Waals surface area contributed by atoms with E-state index in [1.807, 2.05) is 0 Å². The smallest absolute Gasteiger partial charge is 0.270 e. The lowest BCUT2D eigenvalue weighted by atomic mass is 10.1. The Kier molecular flexibility index (Phi) is 6.62. The molecule has 1 amide bonds. The predicted octanol–water partition coefficient (Wildman–Crippen LogP) is 3.38. The third-order valence-electron chi connectivity index (χ3n) is 4.14. The first-order valence-corrected chi connectivity index (χ1v) is 8.95. The van der Waals surface area contributed by atoms with Crippen LogP contribution in [0.5, 0.6) is 0 Å². The Labute approximate surface area is 161 Å². The van der Waals surface area contributed by atoms with Gasteiger partial charge in [0.15, 0.2) is 0 Å². The van der Waals surface area contributed by atoms with E-state index in [1.54, 1.807) is 30.3 Å². The maximum atomic E-state index is 13.6. The van der Waals surface area contributed by atoms with E-state index in [4.69, 9.17) is 0 Å². The van der Waals surface area contributed by atoms with Crippen molar-refractivity contribution in [2.24, 2.45) is 0 Å². The highest BCUT2D eigenvalue weighted by Gasteiger charge is 2.09. The number of nitrogens with zero attached hydrogens (tertiary/aromatic N) is 2. The summed E-state index contributed by atoms with van der Waals surface area (Å²) < 4.78 is 26.5. The largest absolute Gasteiger partial charge is 0.354 e. The number of halogens is 2. The van der Waals surface area contributed by atoms with E-state index in [2.05, 4.69) is 20.6 Å². The Bertz CT molecular complexity index is 932. The molecule has 0 unspecified atom stereocenters. The molecular formula is C21H20F2N4O. The summed E-state index contributed by atoms with van der Waals surface area (Å²) in [5.41, 5.74) is 1.77. The zero-order chi connectivity index (χ0) is 19.8. The number of benzene rings is 2. The van der Waals surface area contributed by atoms with Crippen LogP contribution in [0.3, 0.4) is 0 Å². The fourth-order valence-corrected chi connectivity index (χ4v) is 2.64. The van der Waals surface area contributed by atoms with Crippen LogP contribution in [0, 0.1) is 11.6 Å². The number of rotatable bonds is 8. The molecule has 5 nitrogen and oxygen atoms in total. The van der Waals surface area contributed by atoms with Gasteiger partial charge >= 0.3 is 0 Å². The second-order valence-corrected chi connectivity index (χ2v) is 6.17. The molecule has 0 bridgehead atoms. The maximum Gasteiger partial charge on any atom is 0.270 e. The SMILES string of the molecule is O=C(NCCc1ccc(F)cc1)c1ccnc(NCCc2ccccc2F)n1. The van der Waals surface area contributed by atoms with Gasteiger partial charge in [0.2, 0.25) is 5.95 Å². The summed E-state index contributed by atoms with van der Waals surface area (Å²) in [6.45, 7) is 0.848. The van der Waals surface area contributed by atoms with Gasteiger partial charge < -0.3 is 10.6 Å². The molecule has 3 rings (SSSR count). The van der Waals surface area contributed by atoms with Gasteiger partial charge in [0.05, 0.1) is 0 Å². The number of carbonyl (C=O) groups excluding carboxylic acids is 1. The van der Waals surface area contributed by atoms with Gasteiger partial charge in [-0.25, -0.2) is 18.7 Å². The van der Waals surface area contributed by atoms with Crippen molar-refractivity contribution in [3.8, 4) is 0 Å². The van der Waals surface area contributed by atoms with E-state index in [1.165, 1.54) is 30.5 Å². The van der Waals surface area contributed by atoms with Crippen molar-refractivity contribution < 1.29 is 13.6 Å². The second kappa shape index (κ2) is 9.55. The van der Waals surface area contributed by atoms with Crippen molar-refractivity contribution in [2.45, 2.75) is 12.8 Å². The van der Waals surface area contributed by atoms with Crippen molar-refractivity contribution >= 4 is 11.9 Å². The summed E-state index contributed by atoms with van der Waals surface area (Å²) in [7, 11) is 0. The molecule has 0 saturated heterocycles. The first-order chi connectivity index (χ1) is 13.6. The monoisotopic (exact) mass is 382 g/mol. The number of anilines is 1. The van der Waals surface area contributed by atoms with E-state index in [0.29, 0.717) is 37.4 Å². The summed E-state index contributed by atoms with van der Waals surface area (Å²) in [5.74, 6) is -0.549. The highest BCUT2D eigenvalue weighted by atomic mass is 19.1. The van der Waals surface area contributed by atoms with Crippen LogP contribution in [0.4, 0.5) is 14.7 Å². The van der Waals surface area contributed by atoms with Crippen LogP contribution >= 0.6 is 0 Å². The number of amides is 1. The molecule has 1 aromatic heterocycles. The van der Waals surface area contributed by atoms with Gasteiger partial charge in [0, 0.05) is 19.3 Å². The van der Waals surface area contributed by atoms with Gasteiger partial charge in [-0.3, -0.25) is 4.79 Å². The molecule has 0 atom stereocenters. The van der Waals surface area contributed by atoms with Crippen molar-refractivity contribution in [2.75, 3.05) is 18.4 Å². The fourth-order valence-electron chi connectivity index (χ4n) is 2.64. The van der Waals surface area contributed by atoms with Gasteiger partial charge in [-0.15, -0.1) is 0 Å². The molecule has 0 saturated carbocycles. The summed E-state index contributed by atoms with van der Waals surface area (Å²) in [4.78, 5) is 20.5. The first-order valence-electron chi connectivity index (χ1n) is 8.95. The van der Waals surface area contributed by atoms with Gasteiger partial charge in [-0.2, -0.15) is 0 Å². The molecule has 0 aliphatic heterocycles. The molecule has 7 heteroatoms. The molecule has 0 aliphatic rings. The van der Waals surface area contributed by atoms with Crippen LogP contribution in [0.25, 0.3) is 0 Å². The average molecular weight is 382 g/mol. The van der Waals surface area contributed by atoms with Crippen LogP contribution in [0.1, 0.15) is 21.6 Å². The van der Waals surface area contributed by atoms with E-state index < -0.39 is 0 Å². The quantitative estimate of drug-likeness (QED) is 0.627.